The lowest BCUT2D eigenvalue weighted by atomic mass is 9.80. The van der Waals surface area contributed by atoms with Crippen LogP contribution in [0.25, 0.3) is 5.70 Å². The van der Waals surface area contributed by atoms with Crippen LogP contribution >= 0.6 is 0 Å². The molecule has 1 saturated heterocycles. The van der Waals surface area contributed by atoms with E-state index in [2.05, 4.69) is 86.8 Å². The van der Waals surface area contributed by atoms with Crippen LogP contribution in [0.3, 0.4) is 0 Å². The standard InChI is InChI=1S/C22H27N/c1-17(19-10-6-5-7-11-19)23-15-18(16-23)14-20-12-8-9-13-21(20)22(2,3)4/h5-13,18H,1,14-16H2,2-4H3. The van der Waals surface area contributed by atoms with Gasteiger partial charge in [0.2, 0.25) is 0 Å². The molecule has 3 rings (SSSR count). The summed E-state index contributed by atoms with van der Waals surface area (Å²) in [5.41, 5.74) is 5.61. The molecule has 0 spiro atoms. The first kappa shape index (κ1) is 15.9. The quantitative estimate of drug-likeness (QED) is 0.757. The zero-order chi connectivity index (χ0) is 16.4. The van der Waals surface area contributed by atoms with E-state index in [0.717, 1.165) is 24.7 Å². The number of nitrogens with zero attached hydrogens (tertiary/aromatic N) is 1. The first-order chi connectivity index (χ1) is 10.9. The molecule has 1 heterocycles. The molecule has 2 aromatic rings. The summed E-state index contributed by atoms with van der Waals surface area (Å²) < 4.78 is 0. The van der Waals surface area contributed by atoms with Gasteiger partial charge in [0.15, 0.2) is 0 Å². The van der Waals surface area contributed by atoms with Gasteiger partial charge in [-0.05, 0) is 34.4 Å². The number of rotatable bonds is 4. The third-order valence-electron chi connectivity index (χ3n) is 4.78. The molecule has 0 unspecified atom stereocenters. The molecule has 0 aromatic heterocycles. The van der Waals surface area contributed by atoms with Crippen molar-refractivity contribution >= 4 is 5.70 Å². The largest absolute Gasteiger partial charge is 0.371 e. The Kier molecular flexibility index (Phi) is 4.30. The van der Waals surface area contributed by atoms with Crippen molar-refractivity contribution in [2.45, 2.75) is 32.6 Å². The van der Waals surface area contributed by atoms with E-state index in [0.29, 0.717) is 0 Å². The molecule has 23 heavy (non-hydrogen) atoms. The fraction of sp³-hybridized carbons (Fsp3) is 0.364. The van der Waals surface area contributed by atoms with Crippen molar-refractivity contribution in [2.75, 3.05) is 13.1 Å². The minimum Gasteiger partial charge on any atom is -0.371 e. The van der Waals surface area contributed by atoms with Gasteiger partial charge in [0, 0.05) is 18.8 Å². The molecule has 120 valence electrons. The predicted octanol–water partition coefficient (Wildman–Crippen LogP) is 5.13. The second-order valence-corrected chi connectivity index (χ2v) is 7.69. The van der Waals surface area contributed by atoms with E-state index in [1.807, 2.05) is 0 Å². The average molecular weight is 305 g/mol. The molecule has 1 aliphatic rings. The van der Waals surface area contributed by atoms with Gasteiger partial charge in [0.05, 0.1) is 0 Å². The molecule has 1 heteroatoms. The molecular formula is C22H27N. The third kappa shape index (κ3) is 3.50. The van der Waals surface area contributed by atoms with Gasteiger partial charge in [0.25, 0.3) is 0 Å². The maximum atomic E-state index is 4.27. The van der Waals surface area contributed by atoms with Gasteiger partial charge in [0.1, 0.15) is 0 Å². The highest BCUT2D eigenvalue weighted by atomic mass is 15.2. The van der Waals surface area contributed by atoms with Crippen LogP contribution in [-0.4, -0.2) is 18.0 Å². The van der Waals surface area contributed by atoms with Gasteiger partial charge in [-0.15, -0.1) is 0 Å². The second-order valence-electron chi connectivity index (χ2n) is 7.69. The summed E-state index contributed by atoms with van der Waals surface area (Å²) in [6.07, 6.45) is 1.17. The normalized spacial score (nSPS) is 15.3. The summed E-state index contributed by atoms with van der Waals surface area (Å²) >= 11 is 0. The maximum Gasteiger partial charge on any atom is 0.0367 e. The van der Waals surface area contributed by atoms with E-state index in [-0.39, 0.29) is 5.41 Å². The molecular weight excluding hydrogens is 278 g/mol. The van der Waals surface area contributed by atoms with Crippen molar-refractivity contribution in [2.24, 2.45) is 5.92 Å². The summed E-state index contributed by atoms with van der Waals surface area (Å²) in [4.78, 5) is 2.40. The van der Waals surface area contributed by atoms with Gasteiger partial charge in [-0.1, -0.05) is 81.9 Å². The van der Waals surface area contributed by atoms with Crippen molar-refractivity contribution < 1.29 is 0 Å². The molecule has 0 saturated carbocycles. The Bertz CT molecular complexity index is 673. The van der Waals surface area contributed by atoms with Gasteiger partial charge >= 0.3 is 0 Å². The van der Waals surface area contributed by atoms with Crippen molar-refractivity contribution in [3.05, 3.63) is 77.9 Å². The molecule has 0 aliphatic carbocycles. The molecule has 0 radical (unpaired) electrons. The summed E-state index contributed by atoms with van der Waals surface area (Å²) in [6, 6.07) is 19.4. The van der Waals surface area contributed by atoms with E-state index >= 15 is 0 Å². The highest BCUT2D eigenvalue weighted by Crippen LogP contribution is 2.32. The third-order valence-corrected chi connectivity index (χ3v) is 4.78. The van der Waals surface area contributed by atoms with E-state index in [4.69, 9.17) is 0 Å². The molecule has 0 N–H and O–H groups in total. The molecule has 2 aromatic carbocycles. The van der Waals surface area contributed by atoms with Gasteiger partial charge in [-0.3, -0.25) is 0 Å². The molecule has 1 fully saturated rings. The van der Waals surface area contributed by atoms with Crippen molar-refractivity contribution in [1.29, 1.82) is 0 Å². The Morgan fingerprint density at radius 3 is 2.26 bits per heavy atom. The van der Waals surface area contributed by atoms with Crippen LogP contribution in [0.4, 0.5) is 0 Å². The summed E-state index contributed by atoms with van der Waals surface area (Å²) in [5.74, 6) is 0.735. The lowest BCUT2D eigenvalue weighted by molar-refractivity contribution is 0.174. The fourth-order valence-corrected chi connectivity index (χ4v) is 3.47. The van der Waals surface area contributed by atoms with Crippen LogP contribution in [0, 0.1) is 5.92 Å². The Labute approximate surface area is 140 Å². The van der Waals surface area contributed by atoms with Gasteiger partial charge in [-0.2, -0.15) is 0 Å². The first-order valence-corrected chi connectivity index (χ1v) is 8.53. The Hall–Kier alpha value is -2.02. The van der Waals surface area contributed by atoms with E-state index in [1.165, 1.54) is 23.1 Å². The Balaban J connectivity index is 1.62. The lowest BCUT2D eigenvalue weighted by Gasteiger charge is -2.43. The van der Waals surface area contributed by atoms with Crippen molar-refractivity contribution in [1.82, 2.24) is 4.90 Å². The number of hydrogen-bond donors (Lipinski definition) is 0. The van der Waals surface area contributed by atoms with Crippen LogP contribution in [0.2, 0.25) is 0 Å². The van der Waals surface area contributed by atoms with Crippen molar-refractivity contribution in [3.63, 3.8) is 0 Å². The Morgan fingerprint density at radius 1 is 1.00 bits per heavy atom. The van der Waals surface area contributed by atoms with E-state index in [9.17, 15) is 0 Å². The molecule has 0 atom stereocenters. The minimum absolute atomic E-state index is 0.216. The van der Waals surface area contributed by atoms with Crippen LogP contribution in [-0.2, 0) is 11.8 Å². The number of hydrogen-bond acceptors (Lipinski definition) is 1. The predicted molar refractivity (Wildman–Crippen MR) is 99.4 cm³/mol. The fourth-order valence-electron chi connectivity index (χ4n) is 3.47. The smallest absolute Gasteiger partial charge is 0.0367 e. The highest BCUT2D eigenvalue weighted by molar-refractivity contribution is 5.62. The zero-order valence-corrected chi connectivity index (χ0v) is 14.5. The second kappa shape index (κ2) is 6.23. The topological polar surface area (TPSA) is 3.24 Å². The van der Waals surface area contributed by atoms with Gasteiger partial charge < -0.3 is 4.90 Å². The highest BCUT2D eigenvalue weighted by Gasteiger charge is 2.29. The molecule has 1 nitrogen and oxygen atoms in total. The lowest BCUT2D eigenvalue weighted by Crippen LogP contribution is -2.46. The van der Waals surface area contributed by atoms with Crippen LogP contribution in [0.15, 0.2) is 61.2 Å². The zero-order valence-electron chi connectivity index (χ0n) is 14.5. The van der Waals surface area contributed by atoms with Gasteiger partial charge in [-0.25, -0.2) is 0 Å². The number of benzene rings is 2. The first-order valence-electron chi connectivity index (χ1n) is 8.53. The van der Waals surface area contributed by atoms with Crippen LogP contribution < -0.4 is 0 Å². The van der Waals surface area contributed by atoms with Crippen LogP contribution in [0.5, 0.6) is 0 Å². The maximum absolute atomic E-state index is 4.27. The molecule has 0 amide bonds. The number of likely N-dealkylation sites (tertiary alicyclic amines) is 1. The van der Waals surface area contributed by atoms with Crippen molar-refractivity contribution in [3.8, 4) is 0 Å². The molecule has 1 aliphatic heterocycles. The molecule has 0 bridgehead atoms. The summed E-state index contributed by atoms with van der Waals surface area (Å²) in [5, 5.41) is 0. The summed E-state index contributed by atoms with van der Waals surface area (Å²) in [7, 11) is 0. The van der Waals surface area contributed by atoms with E-state index in [1.54, 1.807) is 0 Å². The van der Waals surface area contributed by atoms with Crippen LogP contribution in [0.1, 0.15) is 37.5 Å². The minimum atomic E-state index is 0.216. The van der Waals surface area contributed by atoms with E-state index < -0.39 is 0 Å². The average Bonchev–Trinajstić information content (AvgIpc) is 2.50. The Morgan fingerprint density at radius 2 is 1.61 bits per heavy atom. The summed E-state index contributed by atoms with van der Waals surface area (Å²) in [6.45, 7) is 13.4. The monoisotopic (exact) mass is 305 g/mol. The SMILES string of the molecule is C=C(c1ccccc1)N1CC(Cc2ccccc2C(C)(C)C)C1.